The van der Waals surface area contributed by atoms with Crippen LogP contribution in [-0.4, -0.2) is 84.1 Å². The summed E-state index contributed by atoms with van der Waals surface area (Å²) >= 11 is 0. The molecule has 2 atom stereocenters. The van der Waals surface area contributed by atoms with E-state index in [1.807, 2.05) is 9.80 Å². The van der Waals surface area contributed by atoms with Crippen molar-refractivity contribution in [1.82, 2.24) is 19.8 Å². The number of nitrogens with zero attached hydrogens (tertiary/aromatic N) is 5. The summed E-state index contributed by atoms with van der Waals surface area (Å²) in [5, 5.41) is 0. The fourth-order valence-electron chi connectivity index (χ4n) is 5.21. The van der Waals surface area contributed by atoms with Crippen molar-refractivity contribution < 1.29 is 18.7 Å². The van der Waals surface area contributed by atoms with Gasteiger partial charge in [0.2, 0.25) is 11.9 Å². The average Bonchev–Trinajstić information content (AvgIpc) is 3.45. The Labute approximate surface area is 181 Å². The van der Waals surface area contributed by atoms with Crippen LogP contribution in [0.25, 0.3) is 0 Å². The van der Waals surface area contributed by atoms with E-state index in [0.29, 0.717) is 64.2 Å². The number of hydrogen-bond acceptors (Lipinski definition) is 7. The lowest BCUT2D eigenvalue weighted by Crippen LogP contribution is -2.53. The molecule has 3 aliphatic rings. The quantitative estimate of drug-likeness (QED) is 0.732. The van der Waals surface area contributed by atoms with Gasteiger partial charge in [0.15, 0.2) is 5.76 Å². The molecule has 31 heavy (non-hydrogen) atoms. The number of morpholine rings is 1. The van der Waals surface area contributed by atoms with Gasteiger partial charge in [-0.1, -0.05) is 0 Å². The van der Waals surface area contributed by atoms with E-state index in [4.69, 9.17) is 9.15 Å². The molecule has 0 aromatic carbocycles. The number of aromatic nitrogens is 2. The second-order valence-corrected chi connectivity index (χ2v) is 8.52. The number of hydrogen-bond donors (Lipinski definition) is 0. The maximum atomic E-state index is 13.9. The molecule has 9 heteroatoms. The number of ether oxygens (including phenoxy) is 1. The summed E-state index contributed by atoms with van der Waals surface area (Å²) in [7, 11) is 0. The number of likely N-dealkylation sites (tertiary alicyclic amines) is 1. The molecule has 3 fully saturated rings. The van der Waals surface area contributed by atoms with E-state index in [9.17, 15) is 9.59 Å². The second-order valence-electron chi connectivity index (χ2n) is 8.52. The molecule has 164 valence electrons. The van der Waals surface area contributed by atoms with Crippen LogP contribution >= 0.6 is 0 Å². The predicted molar refractivity (Wildman–Crippen MR) is 111 cm³/mol. The van der Waals surface area contributed by atoms with Crippen LogP contribution in [-0.2, 0) is 9.53 Å². The highest BCUT2D eigenvalue weighted by molar-refractivity contribution is 5.92. The normalized spacial score (nSPS) is 26.5. The van der Waals surface area contributed by atoms with E-state index in [0.717, 1.165) is 12.8 Å². The minimum absolute atomic E-state index is 0.00642. The van der Waals surface area contributed by atoms with Crippen molar-refractivity contribution >= 4 is 17.8 Å². The van der Waals surface area contributed by atoms with Gasteiger partial charge in [0, 0.05) is 57.6 Å². The highest BCUT2D eigenvalue weighted by Crippen LogP contribution is 2.45. The molecule has 2 amide bonds. The van der Waals surface area contributed by atoms with Gasteiger partial charge in [0.25, 0.3) is 5.91 Å². The molecule has 0 bridgehead atoms. The molecule has 0 saturated carbocycles. The standard InChI is InChI=1S/C22H27N5O4/c28-19(18-4-1-11-31-18)26-8-2-5-22(20(29)25-9-12-30-13-10-25)16-27(15-17(22)14-26)21-23-6-3-7-24-21/h1,3-4,6-7,11,17H,2,5,8-10,12-16H2/t17-,22-/m0/s1. The first-order chi connectivity index (χ1) is 15.2. The average molecular weight is 425 g/mol. The number of carbonyl (C=O) groups is 2. The van der Waals surface area contributed by atoms with Crippen molar-refractivity contribution in [3.63, 3.8) is 0 Å². The molecule has 5 heterocycles. The van der Waals surface area contributed by atoms with Gasteiger partial charge in [0.1, 0.15) is 0 Å². The Morgan fingerprint density at radius 3 is 2.58 bits per heavy atom. The SMILES string of the molecule is O=C(c1ccco1)N1CCC[C@]2(C(=O)N3CCOCC3)CN(c3ncccn3)C[C@@H]2C1. The molecule has 9 nitrogen and oxygen atoms in total. The maximum absolute atomic E-state index is 13.9. The third-order valence-corrected chi connectivity index (χ3v) is 6.77. The van der Waals surface area contributed by atoms with Gasteiger partial charge in [-0.05, 0) is 31.0 Å². The molecule has 0 spiro atoms. The second kappa shape index (κ2) is 8.30. The highest BCUT2D eigenvalue weighted by Gasteiger charge is 2.55. The predicted octanol–water partition coefficient (Wildman–Crippen LogP) is 1.29. The van der Waals surface area contributed by atoms with E-state index in [2.05, 4.69) is 14.9 Å². The lowest BCUT2D eigenvalue weighted by molar-refractivity contribution is -0.148. The van der Waals surface area contributed by atoms with Crippen molar-refractivity contribution in [2.45, 2.75) is 12.8 Å². The summed E-state index contributed by atoms with van der Waals surface area (Å²) in [5.74, 6) is 1.02. The van der Waals surface area contributed by atoms with Crippen LogP contribution in [0, 0.1) is 11.3 Å². The molecule has 0 N–H and O–H groups in total. The molecule has 0 aliphatic carbocycles. The summed E-state index contributed by atoms with van der Waals surface area (Å²) in [6, 6.07) is 5.20. The van der Waals surface area contributed by atoms with Crippen molar-refractivity contribution in [3.05, 3.63) is 42.6 Å². The van der Waals surface area contributed by atoms with E-state index >= 15 is 0 Å². The fraction of sp³-hybridized carbons (Fsp3) is 0.545. The highest BCUT2D eigenvalue weighted by atomic mass is 16.5. The summed E-state index contributed by atoms with van der Waals surface area (Å²) in [5.41, 5.74) is -0.561. The van der Waals surface area contributed by atoms with Gasteiger partial charge in [-0.3, -0.25) is 9.59 Å². The van der Waals surface area contributed by atoms with Gasteiger partial charge in [-0.25, -0.2) is 9.97 Å². The first kappa shape index (κ1) is 20.0. The number of furan rings is 1. The van der Waals surface area contributed by atoms with E-state index in [1.165, 1.54) is 6.26 Å². The minimum Gasteiger partial charge on any atom is -0.459 e. The zero-order valence-electron chi connectivity index (χ0n) is 17.5. The summed E-state index contributed by atoms with van der Waals surface area (Å²) in [6.07, 6.45) is 6.46. The molecule has 2 aromatic heterocycles. The monoisotopic (exact) mass is 425 g/mol. The fourth-order valence-corrected chi connectivity index (χ4v) is 5.21. The minimum atomic E-state index is -0.561. The lowest BCUT2D eigenvalue weighted by Gasteiger charge is -2.38. The third-order valence-electron chi connectivity index (χ3n) is 6.77. The Balaban J connectivity index is 1.45. The Morgan fingerprint density at radius 2 is 1.84 bits per heavy atom. The Kier molecular flexibility index (Phi) is 5.35. The van der Waals surface area contributed by atoms with Crippen molar-refractivity contribution in [3.8, 4) is 0 Å². The molecule has 2 aromatic rings. The summed E-state index contributed by atoms with van der Waals surface area (Å²) < 4.78 is 10.8. The van der Waals surface area contributed by atoms with Crippen LogP contribution in [0.2, 0.25) is 0 Å². The van der Waals surface area contributed by atoms with Crippen molar-refractivity contribution in [1.29, 1.82) is 0 Å². The summed E-state index contributed by atoms with van der Waals surface area (Å²) in [4.78, 5) is 41.6. The first-order valence-electron chi connectivity index (χ1n) is 10.9. The maximum Gasteiger partial charge on any atom is 0.289 e. The zero-order valence-corrected chi connectivity index (χ0v) is 17.5. The number of anilines is 1. The van der Waals surface area contributed by atoms with Crippen LogP contribution in [0.15, 0.2) is 41.3 Å². The van der Waals surface area contributed by atoms with Gasteiger partial charge in [-0.2, -0.15) is 0 Å². The molecule has 0 unspecified atom stereocenters. The summed E-state index contributed by atoms with van der Waals surface area (Å²) in [6.45, 7) is 4.72. The van der Waals surface area contributed by atoms with E-state index in [-0.39, 0.29) is 17.7 Å². The molecule has 5 rings (SSSR count). The number of carbonyl (C=O) groups excluding carboxylic acids is 2. The largest absolute Gasteiger partial charge is 0.459 e. The van der Waals surface area contributed by atoms with Crippen LogP contribution in [0.4, 0.5) is 5.95 Å². The zero-order chi connectivity index (χ0) is 21.3. The Hall–Kier alpha value is -2.94. The van der Waals surface area contributed by atoms with Gasteiger partial charge in [0.05, 0.1) is 24.9 Å². The number of rotatable bonds is 3. The molecule has 0 radical (unpaired) electrons. The van der Waals surface area contributed by atoms with Crippen LogP contribution < -0.4 is 4.90 Å². The molecular weight excluding hydrogens is 398 g/mol. The first-order valence-corrected chi connectivity index (χ1v) is 10.9. The lowest BCUT2D eigenvalue weighted by atomic mass is 9.73. The van der Waals surface area contributed by atoms with Crippen molar-refractivity contribution in [2.75, 3.05) is 57.4 Å². The van der Waals surface area contributed by atoms with Gasteiger partial charge >= 0.3 is 0 Å². The Morgan fingerprint density at radius 1 is 1.03 bits per heavy atom. The van der Waals surface area contributed by atoms with Crippen LogP contribution in [0.1, 0.15) is 23.4 Å². The molecular formula is C22H27N5O4. The molecule has 3 aliphatic heterocycles. The third kappa shape index (κ3) is 3.67. The van der Waals surface area contributed by atoms with Crippen molar-refractivity contribution in [2.24, 2.45) is 11.3 Å². The van der Waals surface area contributed by atoms with Crippen LogP contribution in [0.3, 0.4) is 0 Å². The van der Waals surface area contributed by atoms with E-state index < -0.39 is 5.41 Å². The smallest absolute Gasteiger partial charge is 0.289 e. The Bertz CT molecular complexity index is 915. The topological polar surface area (TPSA) is 92.0 Å². The van der Waals surface area contributed by atoms with Gasteiger partial charge in [-0.15, -0.1) is 0 Å². The van der Waals surface area contributed by atoms with Crippen LogP contribution in [0.5, 0.6) is 0 Å². The van der Waals surface area contributed by atoms with Gasteiger partial charge < -0.3 is 23.9 Å². The van der Waals surface area contributed by atoms with E-state index in [1.54, 1.807) is 30.6 Å². The molecule has 3 saturated heterocycles. The number of amides is 2. The number of fused-ring (bicyclic) bond motifs is 1.